The number of amides is 1. The maximum Gasteiger partial charge on any atom is 0.407 e. The molecular formula is C18H26N2O3. The van der Waals surface area contributed by atoms with Crippen LogP contribution in [-0.4, -0.2) is 24.3 Å². The molecule has 5 heteroatoms. The van der Waals surface area contributed by atoms with Crippen LogP contribution < -0.4 is 10.6 Å². The molecule has 23 heavy (non-hydrogen) atoms. The van der Waals surface area contributed by atoms with Crippen LogP contribution in [0.4, 0.5) is 4.79 Å². The Morgan fingerprint density at radius 1 is 1.30 bits per heavy atom. The van der Waals surface area contributed by atoms with Crippen molar-refractivity contribution < 1.29 is 13.9 Å². The van der Waals surface area contributed by atoms with Gasteiger partial charge in [-0.15, -0.1) is 0 Å². The Morgan fingerprint density at radius 3 is 2.70 bits per heavy atom. The topological polar surface area (TPSA) is 63.5 Å². The van der Waals surface area contributed by atoms with Crippen molar-refractivity contribution in [3.05, 3.63) is 36.1 Å². The molecule has 0 aliphatic heterocycles. The molecule has 1 aromatic carbocycles. The number of rotatable bonds is 6. The summed E-state index contributed by atoms with van der Waals surface area (Å²) < 4.78 is 11.0. The average Bonchev–Trinajstić information content (AvgIpc) is 2.86. The zero-order valence-electron chi connectivity index (χ0n) is 14.3. The summed E-state index contributed by atoms with van der Waals surface area (Å²) in [5.74, 6) is 0.887. The van der Waals surface area contributed by atoms with Crippen LogP contribution in [-0.2, 0) is 11.3 Å². The minimum atomic E-state index is -0.482. The molecule has 1 atom stereocenters. The zero-order valence-corrected chi connectivity index (χ0v) is 14.3. The van der Waals surface area contributed by atoms with E-state index in [2.05, 4.69) is 10.6 Å². The summed E-state index contributed by atoms with van der Waals surface area (Å²) in [6, 6.07) is 9.99. The molecule has 0 saturated heterocycles. The number of benzene rings is 1. The summed E-state index contributed by atoms with van der Waals surface area (Å²) in [6.07, 6.45) is 0.446. The van der Waals surface area contributed by atoms with Gasteiger partial charge >= 0.3 is 6.09 Å². The van der Waals surface area contributed by atoms with Gasteiger partial charge in [0, 0.05) is 18.0 Å². The first-order valence-electron chi connectivity index (χ1n) is 8.05. The molecule has 2 aromatic rings. The predicted octanol–water partition coefficient (Wildman–Crippen LogP) is 3.83. The van der Waals surface area contributed by atoms with Crippen molar-refractivity contribution in [1.29, 1.82) is 0 Å². The van der Waals surface area contributed by atoms with Crippen LogP contribution in [0.15, 0.2) is 34.7 Å². The number of hydrogen-bond acceptors (Lipinski definition) is 4. The highest BCUT2D eigenvalue weighted by molar-refractivity contribution is 5.77. The van der Waals surface area contributed by atoms with Crippen LogP contribution in [0.5, 0.6) is 0 Å². The van der Waals surface area contributed by atoms with Crippen LogP contribution in [0, 0.1) is 0 Å². The van der Waals surface area contributed by atoms with Gasteiger partial charge in [0.25, 0.3) is 0 Å². The molecule has 5 nitrogen and oxygen atoms in total. The van der Waals surface area contributed by atoms with E-state index in [0.29, 0.717) is 13.1 Å². The minimum Gasteiger partial charge on any atom is -0.460 e. The number of carbonyl (C=O) groups is 1. The number of ether oxygens (including phenoxy) is 1. The van der Waals surface area contributed by atoms with Gasteiger partial charge in [0.2, 0.25) is 0 Å². The highest BCUT2D eigenvalue weighted by Gasteiger charge is 2.18. The van der Waals surface area contributed by atoms with Crippen molar-refractivity contribution in [2.24, 2.45) is 0 Å². The third-order valence-corrected chi connectivity index (χ3v) is 3.38. The predicted molar refractivity (Wildman–Crippen MR) is 91.4 cm³/mol. The van der Waals surface area contributed by atoms with Gasteiger partial charge in [-0.1, -0.05) is 25.1 Å². The molecule has 1 unspecified atom stereocenters. The summed E-state index contributed by atoms with van der Waals surface area (Å²) in [6.45, 7) is 8.88. The normalized spacial score (nSPS) is 13.0. The molecule has 126 valence electrons. The Bertz CT molecular complexity index is 610. The van der Waals surface area contributed by atoms with Crippen LogP contribution in [0.25, 0.3) is 11.0 Å². The fourth-order valence-electron chi connectivity index (χ4n) is 2.27. The molecule has 0 radical (unpaired) electrons. The number of carbonyl (C=O) groups excluding carboxylic acids is 1. The lowest BCUT2D eigenvalue weighted by Crippen LogP contribution is -2.43. The van der Waals surface area contributed by atoms with E-state index in [4.69, 9.17) is 9.15 Å². The second-order valence-electron chi connectivity index (χ2n) is 6.63. The first-order chi connectivity index (χ1) is 10.9. The number of para-hydroxylation sites is 1. The van der Waals surface area contributed by atoms with Crippen LogP contribution in [0.3, 0.4) is 0 Å². The largest absolute Gasteiger partial charge is 0.460 e. The smallest absolute Gasteiger partial charge is 0.407 e. The van der Waals surface area contributed by atoms with Crippen molar-refractivity contribution in [2.45, 2.75) is 52.3 Å². The second kappa shape index (κ2) is 7.51. The Kier molecular flexibility index (Phi) is 5.66. The number of hydrogen-bond donors (Lipinski definition) is 2. The van der Waals surface area contributed by atoms with Crippen LogP contribution >= 0.6 is 0 Å². The Morgan fingerprint density at radius 2 is 2.04 bits per heavy atom. The maximum atomic E-state index is 11.8. The fraction of sp³-hybridized carbons (Fsp3) is 0.500. The molecule has 0 fully saturated rings. The standard InChI is InChI=1S/C18H26N2O3/c1-5-14(20-17(21)23-18(2,3)4)11-19-12-15-10-13-8-6-7-9-16(13)22-15/h6-10,14,19H,5,11-12H2,1-4H3,(H,20,21). The number of furan rings is 1. The monoisotopic (exact) mass is 318 g/mol. The highest BCUT2D eigenvalue weighted by Crippen LogP contribution is 2.18. The van der Waals surface area contributed by atoms with Crippen molar-refractivity contribution in [2.75, 3.05) is 6.54 Å². The Balaban J connectivity index is 1.80. The molecule has 1 heterocycles. The van der Waals surface area contributed by atoms with E-state index in [-0.39, 0.29) is 12.1 Å². The maximum absolute atomic E-state index is 11.8. The fourth-order valence-corrected chi connectivity index (χ4v) is 2.27. The second-order valence-corrected chi connectivity index (χ2v) is 6.63. The third kappa shape index (κ3) is 5.60. The first-order valence-corrected chi connectivity index (χ1v) is 8.05. The van der Waals surface area contributed by atoms with Crippen molar-refractivity contribution in [3.8, 4) is 0 Å². The van der Waals surface area contributed by atoms with E-state index < -0.39 is 5.60 Å². The molecule has 0 saturated carbocycles. The van der Waals surface area contributed by atoms with Gasteiger partial charge in [-0.3, -0.25) is 0 Å². The minimum absolute atomic E-state index is 0.0224. The number of fused-ring (bicyclic) bond motifs is 1. The van der Waals surface area contributed by atoms with E-state index in [0.717, 1.165) is 23.2 Å². The van der Waals surface area contributed by atoms with E-state index >= 15 is 0 Å². The Hall–Kier alpha value is -2.01. The van der Waals surface area contributed by atoms with E-state index in [1.54, 1.807) is 0 Å². The molecule has 0 bridgehead atoms. The van der Waals surface area contributed by atoms with Gasteiger partial charge in [-0.2, -0.15) is 0 Å². The van der Waals surface area contributed by atoms with Gasteiger partial charge in [0.1, 0.15) is 16.9 Å². The molecule has 0 aliphatic rings. The average molecular weight is 318 g/mol. The lowest BCUT2D eigenvalue weighted by molar-refractivity contribution is 0.0502. The lowest BCUT2D eigenvalue weighted by atomic mass is 10.2. The van der Waals surface area contributed by atoms with Gasteiger partial charge in [0.05, 0.1) is 6.54 Å². The number of nitrogens with one attached hydrogen (secondary N) is 2. The summed E-state index contributed by atoms with van der Waals surface area (Å²) >= 11 is 0. The summed E-state index contributed by atoms with van der Waals surface area (Å²) in [4.78, 5) is 11.8. The molecule has 2 N–H and O–H groups in total. The quantitative estimate of drug-likeness (QED) is 0.850. The van der Waals surface area contributed by atoms with Gasteiger partial charge in [-0.25, -0.2) is 4.79 Å². The van der Waals surface area contributed by atoms with Gasteiger partial charge in [0.15, 0.2) is 0 Å². The molecule has 1 aromatic heterocycles. The highest BCUT2D eigenvalue weighted by atomic mass is 16.6. The van der Waals surface area contributed by atoms with E-state index in [1.165, 1.54) is 0 Å². The SMILES string of the molecule is CCC(CNCc1cc2ccccc2o1)NC(=O)OC(C)(C)C. The number of alkyl carbamates (subject to hydrolysis) is 1. The van der Waals surface area contributed by atoms with Crippen molar-refractivity contribution >= 4 is 17.1 Å². The van der Waals surface area contributed by atoms with Gasteiger partial charge in [-0.05, 0) is 39.3 Å². The van der Waals surface area contributed by atoms with E-state index in [9.17, 15) is 4.79 Å². The summed E-state index contributed by atoms with van der Waals surface area (Å²) in [5.41, 5.74) is 0.410. The lowest BCUT2D eigenvalue weighted by Gasteiger charge is -2.23. The van der Waals surface area contributed by atoms with Crippen molar-refractivity contribution in [3.63, 3.8) is 0 Å². The van der Waals surface area contributed by atoms with Crippen molar-refractivity contribution in [1.82, 2.24) is 10.6 Å². The first kappa shape index (κ1) is 17.3. The van der Waals surface area contributed by atoms with Gasteiger partial charge < -0.3 is 19.8 Å². The summed E-state index contributed by atoms with van der Waals surface area (Å²) in [5, 5.41) is 7.30. The Labute approximate surface area is 137 Å². The third-order valence-electron chi connectivity index (χ3n) is 3.38. The van der Waals surface area contributed by atoms with Crippen LogP contribution in [0.1, 0.15) is 39.9 Å². The zero-order chi connectivity index (χ0) is 16.9. The molecule has 1 amide bonds. The van der Waals surface area contributed by atoms with E-state index in [1.807, 2.05) is 58.0 Å². The summed E-state index contributed by atoms with van der Waals surface area (Å²) in [7, 11) is 0. The van der Waals surface area contributed by atoms with Crippen LogP contribution in [0.2, 0.25) is 0 Å². The molecule has 0 spiro atoms. The molecule has 0 aliphatic carbocycles. The molecular weight excluding hydrogens is 292 g/mol. The molecule has 2 rings (SSSR count).